The average Bonchev–Trinajstić information content (AvgIpc) is 2.39. The third-order valence-corrected chi connectivity index (χ3v) is 4.54. The first-order valence-electron chi connectivity index (χ1n) is 6.88. The van der Waals surface area contributed by atoms with Crippen LogP contribution in [-0.2, 0) is 4.79 Å². The van der Waals surface area contributed by atoms with E-state index in [0.717, 1.165) is 35.7 Å². The Morgan fingerprint density at radius 2 is 2.16 bits per heavy atom. The van der Waals surface area contributed by atoms with Crippen LogP contribution in [0.4, 0.5) is 0 Å². The van der Waals surface area contributed by atoms with Crippen LogP contribution in [0.25, 0.3) is 0 Å². The zero-order valence-corrected chi connectivity index (χ0v) is 12.8. The molecule has 0 saturated heterocycles. The van der Waals surface area contributed by atoms with Gasteiger partial charge >= 0.3 is 0 Å². The molecular weight excluding hydrogens is 304 g/mol. The van der Waals surface area contributed by atoms with Crippen LogP contribution in [0.3, 0.4) is 0 Å². The Hall–Kier alpha value is -0.870. The number of rotatable bonds is 3. The molecule has 0 spiro atoms. The number of hydrogen-bond donors (Lipinski definition) is 2. The maximum Gasteiger partial charge on any atom is 0.223 e. The highest BCUT2D eigenvalue weighted by molar-refractivity contribution is 9.10. The third kappa shape index (κ3) is 3.80. The van der Waals surface area contributed by atoms with Crippen molar-refractivity contribution in [3.8, 4) is 0 Å². The number of carbonyl (C=O) groups is 1. The number of benzene rings is 1. The molecule has 104 valence electrons. The lowest BCUT2D eigenvalue weighted by atomic mass is 9.85. The van der Waals surface area contributed by atoms with Gasteiger partial charge in [-0.2, -0.15) is 0 Å². The van der Waals surface area contributed by atoms with E-state index in [0.29, 0.717) is 0 Å². The van der Waals surface area contributed by atoms with E-state index in [-0.39, 0.29) is 23.9 Å². The summed E-state index contributed by atoms with van der Waals surface area (Å²) in [5, 5.41) is 3.10. The molecule has 1 aliphatic rings. The molecule has 0 aliphatic heterocycles. The van der Waals surface area contributed by atoms with E-state index < -0.39 is 0 Å². The van der Waals surface area contributed by atoms with Gasteiger partial charge in [0.2, 0.25) is 5.91 Å². The van der Waals surface area contributed by atoms with Crippen LogP contribution < -0.4 is 11.1 Å². The minimum Gasteiger partial charge on any atom is -0.349 e. The van der Waals surface area contributed by atoms with Gasteiger partial charge in [0.1, 0.15) is 0 Å². The molecule has 2 unspecified atom stereocenters. The van der Waals surface area contributed by atoms with Crippen molar-refractivity contribution in [2.45, 2.75) is 44.7 Å². The van der Waals surface area contributed by atoms with E-state index in [1.54, 1.807) is 0 Å². The van der Waals surface area contributed by atoms with Crippen molar-refractivity contribution >= 4 is 21.8 Å². The second-order valence-corrected chi connectivity index (χ2v) is 6.23. The maximum absolute atomic E-state index is 12.3. The van der Waals surface area contributed by atoms with Gasteiger partial charge in [-0.15, -0.1) is 0 Å². The summed E-state index contributed by atoms with van der Waals surface area (Å²) in [5.41, 5.74) is 7.05. The lowest BCUT2D eigenvalue weighted by molar-refractivity contribution is -0.126. The Morgan fingerprint density at radius 3 is 2.84 bits per heavy atom. The molecule has 4 heteroatoms. The van der Waals surface area contributed by atoms with Gasteiger partial charge in [0.25, 0.3) is 0 Å². The van der Waals surface area contributed by atoms with Crippen molar-refractivity contribution in [3.63, 3.8) is 0 Å². The molecule has 0 aromatic heterocycles. The summed E-state index contributed by atoms with van der Waals surface area (Å²) in [4.78, 5) is 12.3. The molecule has 1 amide bonds. The highest BCUT2D eigenvalue weighted by atomic mass is 79.9. The normalized spacial score (nSPS) is 24.8. The van der Waals surface area contributed by atoms with Crippen LogP contribution in [-0.4, -0.2) is 11.9 Å². The molecule has 3 nitrogen and oxygen atoms in total. The zero-order chi connectivity index (χ0) is 13.8. The van der Waals surface area contributed by atoms with Crippen LogP contribution in [0, 0.1) is 5.92 Å². The lowest BCUT2D eigenvalue weighted by Gasteiger charge is -2.27. The van der Waals surface area contributed by atoms with E-state index in [1.807, 2.05) is 31.2 Å². The number of nitrogens with one attached hydrogen (secondary N) is 1. The van der Waals surface area contributed by atoms with E-state index >= 15 is 0 Å². The first-order valence-corrected chi connectivity index (χ1v) is 7.67. The summed E-state index contributed by atoms with van der Waals surface area (Å²) in [6.45, 7) is 2.01. The summed E-state index contributed by atoms with van der Waals surface area (Å²) < 4.78 is 1.03. The molecule has 0 bridgehead atoms. The van der Waals surface area contributed by atoms with Crippen LogP contribution in [0.15, 0.2) is 28.7 Å². The molecule has 3 atom stereocenters. The highest BCUT2D eigenvalue weighted by Crippen LogP contribution is 2.26. The quantitative estimate of drug-likeness (QED) is 0.897. The van der Waals surface area contributed by atoms with Gasteiger partial charge in [-0.25, -0.2) is 0 Å². The number of nitrogens with two attached hydrogens (primary N) is 1. The van der Waals surface area contributed by atoms with Gasteiger partial charge in [0.05, 0.1) is 6.04 Å². The third-order valence-electron chi connectivity index (χ3n) is 3.82. The first-order chi connectivity index (χ1) is 9.08. The number of carbonyl (C=O) groups excluding carboxylic acids is 1. The van der Waals surface area contributed by atoms with Gasteiger partial charge in [0.15, 0.2) is 0 Å². The average molecular weight is 325 g/mol. The molecule has 1 fully saturated rings. The summed E-state index contributed by atoms with van der Waals surface area (Å²) in [7, 11) is 0. The summed E-state index contributed by atoms with van der Waals surface area (Å²) >= 11 is 3.52. The van der Waals surface area contributed by atoms with E-state index in [9.17, 15) is 4.79 Å². The second kappa shape index (κ2) is 6.53. The Labute approximate surface area is 123 Å². The van der Waals surface area contributed by atoms with Crippen molar-refractivity contribution in [3.05, 3.63) is 34.3 Å². The number of hydrogen-bond acceptors (Lipinski definition) is 2. The fraction of sp³-hybridized carbons (Fsp3) is 0.533. The van der Waals surface area contributed by atoms with Crippen LogP contribution in [0.1, 0.15) is 44.2 Å². The SMILES string of the molecule is C[C@H](NC(=O)C1CCCC(N)C1)c1ccccc1Br. The standard InChI is InChI=1S/C15H21BrN2O/c1-10(13-7-2-3-8-14(13)16)18-15(19)11-5-4-6-12(17)9-11/h2-3,7-8,10-12H,4-6,9,17H2,1H3,(H,18,19)/t10-,11?,12?/m0/s1. The van der Waals surface area contributed by atoms with Gasteiger partial charge in [-0.05, 0) is 37.8 Å². The first kappa shape index (κ1) is 14.5. The van der Waals surface area contributed by atoms with Crippen LogP contribution >= 0.6 is 15.9 Å². The lowest BCUT2D eigenvalue weighted by Crippen LogP contribution is -2.38. The van der Waals surface area contributed by atoms with Crippen LogP contribution in [0.5, 0.6) is 0 Å². The monoisotopic (exact) mass is 324 g/mol. The van der Waals surface area contributed by atoms with Gasteiger partial charge in [-0.3, -0.25) is 4.79 Å². The Balaban J connectivity index is 1.97. The van der Waals surface area contributed by atoms with Crippen molar-refractivity contribution in [1.29, 1.82) is 0 Å². The minimum atomic E-state index is 0.0150. The number of amides is 1. The van der Waals surface area contributed by atoms with Crippen molar-refractivity contribution in [2.24, 2.45) is 11.7 Å². The van der Waals surface area contributed by atoms with E-state index in [2.05, 4.69) is 21.2 Å². The Bertz CT molecular complexity index is 450. The van der Waals surface area contributed by atoms with Crippen molar-refractivity contribution in [1.82, 2.24) is 5.32 Å². The molecular formula is C15H21BrN2O. The fourth-order valence-corrected chi connectivity index (χ4v) is 3.33. The second-order valence-electron chi connectivity index (χ2n) is 5.38. The predicted molar refractivity (Wildman–Crippen MR) is 80.6 cm³/mol. The van der Waals surface area contributed by atoms with Crippen molar-refractivity contribution < 1.29 is 4.79 Å². The maximum atomic E-state index is 12.3. The van der Waals surface area contributed by atoms with Crippen molar-refractivity contribution in [2.75, 3.05) is 0 Å². The molecule has 1 aromatic rings. The fourth-order valence-electron chi connectivity index (χ4n) is 2.70. The highest BCUT2D eigenvalue weighted by Gasteiger charge is 2.26. The summed E-state index contributed by atoms with van der Waals surface area (Å²) in [6.07, 6.45) is 3.88. The molecule has 0 heterocycles. The topological polar surface area (TPSA) is 55.1 Å². The summed E-state index contributed by atoms with van der Waals surface area (Å²) in [5.74, 6) is 0.215. The molecule has 19 heavy (non-hydrogen) atoms. The largest absolute Gasteiger partial charge is 0.349 e. The van der Waals surface area contributed by atoms with E-state index in [1.165, 1.54) is 0 Å². The molecule has 2 rings (SSSR count). The number of halogens is 1. The molecule has 1 aromatic carbocycles. The van der Waals surface area contributed by atoms with E-state index in [4.69, 9.17) is 5.73 Å². The molecule has 3 N–H and O–H groups in total. The van der Waals surface area contributed by atoms with Gasteiger partial charge < -0.3 is 11.1 Å². The molecule has 0 radical (unpaired) electrons. The van der Waals surface area contributed by atoms with Crippen LogP contribution in [0.2, 0.25) is 0 Å². The van der Waals surface area contributed by atoms with Gasteiger partial charge in [0, 0.05) is 16.4 Å². The Morgan fingerprint density at radius 1 is 1.42 bits per heavy atom. The zero-order valence-electron chi connectivity index (χ0n) is 11.2. The minimum absolute atomic E-state index is 0.0150. The molecule has 1 aliphatic carbocycles. The van der Waals surface area contributed by atoms with Gasteiger partial charge in [-0.1, -0.05) is 40.5 Å². The molecule has 1 saturated carbocycles. The smallest absolute Gasteiger partial charge is 0.223 e. The summed E-state index contributed by atoms with van der Waals surface area (Å²) in [6, 6.07) is 8.18. The Kier molecular flexibility index (Phi) is 4.99. The predicted octanol–water partition coefficient (Wildman–Crippen LogP) is 3.14.